The Morgan fingerprint density at radius 2 is 1.94 bits per heavy atom. The van der Waals surface area contributed by atoms with Crippen LogP contribution in [0.1, 0.15) is 5.56 Å². The summed E-state index contributed by atoms with van der Waals surface area (Å²) in [5.74, 6) is 0. The van der Waals surface area contributed by atoms with Gasteiger partial charge in [0.1, 0.15) is 0 Å². The third-order valence-electron chi connectivity index (χ3n) is 2.05. The van der Waals surface area contributed by atoms with Crippen molar-refractivity contribution in [2.45, 2.75) is 4.90 Å². The van der Waals surface area contributed by atoms with E-state index in [4.69, 9.17) is 0 Å². The molecule has 0 saturated heterocycles. The van der Waals surface area contributed by atoms with E-state index in [0.717, 1.165) is 10.0 Å². The molecule has 0 unspecified atom stereocenters. The average Bonchev–Trinajstić information content (AvgIpc) is 2.82. The number of halogens is 1. The summed E-state index contributed by atoms with van der Waals surface area (Å²) in [7, 11) is -3.60. The molecule has 7 heteroatoms. The first-order valence-electron chi connectivity index (χ1n) is 4.90. The van der Waals surface area contributed by atoms with E-state index < -0.39 is 10.0 Å². The zero-order valence-electron chi connectivity index (χ0n) is 9.08. The van der Waals surface area contributed by atoms with Gasteiger partial charge in [-0.1, -0.05) is 15.9 Å². The molecule has 0 aliphatic rings. The molecule has 1 heterocycles. The van der Waals surface area contributed by atoms with E-state index in [9.17, 15) is 8.42 Å². The van der Waals surface area contributed by atoms with Crippen molar-refractivity contribution in [2.75, 3.05) is 0 Å². The Labute approximate surface area is 118 Å². The minimum Gasteiger partial charge on any atom is -0.200 e. The van der Waals surface area contributed by atoms with Crippen LogP contribution >= 0.6 is 27.3 Å². The summed E-state index contributed by atoms with van der Waals surface area (Å²) in [4.78, 5) is 2.34. The summed E-state index contributed by atoms with van der Waals surface area (Å²) in [6, 6.07) is 8.19. The van der Waals surface area contributed by atoms with E-state index in [1.807, 2.05) is 16.8 Å². The number of thiophene rings is 1. The van der Waals surface area contributed by atoms with Crippen LogP contribution in [0.5, 0.6) is 0 Å². The normalized spacial score (nSPS) is 11.8. The van der Waals surface area contributed by atoms with E-state index in [2.05, 4.69) is 25.9 Å². The van der Waals surface area contributed by atoms with E-state index in [-0.39, 0.29) is 4.90 Å². The first-order valence-corrected chi connectivity index (χ1v) is 8.12. The van der Waals surface area contributed by atoms with Crippen LogP contribution in [-0.4, -0.2) is 14.6 Å². The number of nitrogens with one attached hydrogen (secondary N) is 1. The first kappa shape index (κ1) is 13.3. The van der Waals surface area contributed by atoms with Gasteiger partial charge in [-0.3, -0.25) is 0 Å². The Morgan fingerprint density at radius 1 is 1.22 bits per heavy atom. The Balaban J connectivity index is 2.10. The van der Waals surface area contributed by atoms with E-state index in [0.29, 0.717) is 0 Å². The van der Waals surface area contributed by atoms with Gasteiger partial charge in [0.05, 0.1) is 11.1 Å². The standard InChI is InChI=1S/C11H9BrN2O2S2/c12-10-1-3-11(4-2-10)18(15,16)14-13-7-9-5-6-17-8-9/h1-8,14H. The molecule has 1 N–H and O–H groups in total. The lowest BCUT2D eigenvalue weighted by molar-refractivity contribution is 0.584. The molecule has 0 spiro atoms. The van der Waals surface area contributed by atoms with Crippen molar-refractivity contribution in [3.05, 3.63) is 51.1 Å². The summed E-state index contributed by atoms with van der Waals surface area (Å²) >= 11 is 4.77. The molecule has 94 valence electrons. The largest absolute Gasteiger partial charge is 0.276 e. The highest BCUT2D eigenvalue weighted by Gasteiger charge is 2.11. The second kappa shape index (κ2) is 5.64. The van der Waals surface area contributed by atoms with Gasteiger partial charge in [-0.25, -0.2) is 4.83 Å². The highest BCUT2D eigenvalue weighted by atomic mass is 79.9. The molecule has 0 aliphatic heterocycles. The zero-order chi connectivity index (χ0) is 13.0. The minimum absolute atomic E-state index is 0.174. The third kappa shape index (κ3) is 3.41. The lowest BCUT2D eigenvalue weighted by Crippen LogP contribution is -2.18. The minimum atomic E-state index is -3.60. The van der Waals surface area contributed by atoms with Crippen LogP contribution < -0.4 is 4.83 Å². The topological polar surface area (TPSA) is 58.5 Å². The predicted octanol–water partition coefficient (Wildman–Crippen LogP) is 2.82. The monoisotopic (exact) mass is 344 g/mol. The molecule has 0 saturated carbocycles. The van der Waals surface area contributed by atoms with Crippen LogP contribution in [0.15, 0.2) is 55.6 Å². The Bertz CT molecular complexity index is 634. The lowest BCUT2D eigenvalue weighted by atomic mass is 10.4. The molecular formula is C11H9BrN2O2S2. The fraction of sp³-hybridized carbons (Fsp3) is 0. The molecule has 4 nitrogen and oxygen atoms in total. The number of nitrogens with zero attached hydrogens (tertiary/aromatic N) is 1. The SMILES string of the molecule is O=S(=O)(NN=Cc1ccsc1)c1ccc(Br)cc1. The Kier molecular flexibility index (Phi) is 4.15. The number of hydrogen-bond acceptors (Lipinski definition) is 4. The predicted molar refractivity (Wildman–Crippen MR) is 76.4 cm³/mol. The maximum Gasteiger partial charge on any atom is 0.276 e. The number of hydrazone groups is 1. The zero-order valence-corrected chi connectivity index (χ0v) is 12.3. The molecule has 0 atom stereocenters. The van der Waals surface area contributed by atoms with Crippen LogP contribution in [-0.2, 0) is 10.0 Å². The van der Waals surface area contributed by atoms with Gasteiger partial charge in [0, 0.05) is 10.0 Å². The summed E-state index contributed by atoms with van der Waals surface area (Å²) in [6.45, 7) is 0. The van der Waals surface area contributed by atoms with Crippen molar-refractivity contribution in [1.82, 2.24) is 4.83 Å². The highest BCUT2D eigenvalue weighted by molar-refractivity contribution is 9.10. The van der Waals surface area contributed by atoms with Gasteiger partial charge in [-0.05, 0) is 41.1 Å². The number of hydrogen-bond donors (Lipinski definition) is 1. The summed E-state index contributed by atoms with van der Waals surface area (Å²) in [5, 5.41) is 7.48. The molecule has 0 amide bonds. The molecule has 1 aromatic carbocycles. The fourth-order valence-electron chi connectivity index (χ4n) is 1.19. The quantitative estimate of drug-likeness (QED) is 0.684. The summed E-state index contributed by atoms with van der Waals surface area (Å²) in [6.07, 6.45) is 1.47. The van der Waals surface area contributed by atoms with Gasteiger partial charge in [-0.15, -0.1) is 0 Å². The van der Waals surface area contributed by atoms with Gasteiger partial charge in [0.2, 0.25) is 0 Å². The van der Waals surface area contributed by atoms with Gasteiger partial charge in [0.15, 0.2) is 0 Å². The van der Waals surface area contributed by atoms with Gasteiger partial charge in [0.25, 0.3) is 10.0 Å². The summed E-state index contributed by atoms with van der Waals surface area (Å²) < 4.78 is 24.5. The van der Waals surface area contributed by atoms with Gasteiger partial charge in [-0.2, -0.15) is 24.9 Å². The van der Waals surface area contributed by atoms with E-state index >= 15 is 0 Å². The lowest BCUT2D eigenvalue weighted by Gasteiger charge is -2.02. The van der Waals surface area contributed by atoms with Crippen molar-refractivity contribution in [3.8, 4) is 0 Å². The molecule has 2 rings (SSSR count). The molecular weight excluding hydrogens is 336 g/mol. The smallest absolute Gasteiger partial charge is 0.200 e. The maximum atomic E-state index is 11.8. The average molecular weight is 345 g/mol. The Morgan fingerprint density at radius 3 is 2.56 bits per heavy atom. The molecule has 2 aromatic rings. The Hall–Kier alpha value is -1.18. The number of rotatable bonds is 4. The van der Waals surface area contributed by atoms with Gasteiger partial charge >= 0.3 is 0 Å². The van der Waals surface area contributed by atoms with Crippen LogP contribution in [0.2, 0.25) is 0 Å². The van der Waals surface area contributed by atoms with Crippen molar-refractivity contribution in [1.29, 1.82) is 0 Å². The molecule has 0 radical (unpaired) electrons. The van der Waals surface area contributed by atoms with Crippen molar-refractivity contribution in [3.63, 3.8) is 0 Å². The van der Waals surface area contributed by atoms with Crippen LogP contribution in [0, 0.1) is 0 Å². The van der Waals surface area contributed by atoms with Crippen LogP contribution in [0.4, 0.5) is 0 Å². The highest BCUT2D eigenvalue weighted by Crippen LogP contribution is 2.14. The first-order chi connectivity index (χ1) is 8.58. The van der Waals surface area contributed by atoms with Crippen molar-refractivity contribution >= 4 is 43.5 Å². The second-order valence-corrected chi connectivity index (χ2v) is 6.72. The maximum absolute atomic E-state index is 11.8. The summed E-state index contributed by atoms with van der Waals surface area (Å²) in [5.41, 5.74) is 0.860. The number of sulfonamides is 1. The molecule has 0 aliphatic carbocycles. The fourth-order valence-corrected chi connectivity index (χ4v) is 2.85. The van der Waals surface area contributed by atoms with Gasteiger partial charge < -0.3 is 0 Å². The van der Waals surface area contributed by atoms with E-state index in [1.165, 1.54) is 29.7 Å². The van der Waals surface area contributed by atoms with Crippen molar-refractivity contribution in [2.24, 2.45) is 5.10 Å². The molecule has 18 heavy (non-hydrogen) atoms. The van der Waals surface area contributed by atoms with E-state index in [1.54, 1.807) is 12.1 Å². The van der Waals surface area contributed by atoms with Crippen LogP contribution in [0.25, 0.3) is 0 Å². The molecule has 1 aromatic heterocycles. The van der Waals surface area contributed by atoms with Crippen molar-refractivity contribution < 1.29 is 8.42 Å². The third-order valence-corrected chi connectivity index (χ3v) is 4.52. The molecule has 0 fully saturated rings. The second-order valence-electron chi connectivity index (χ2n) is 3.36. The number of benzene rings is 1. The molecule has 0 bridgehead atoms. The van der Waals surface area contributed by atoms with Crippen LogP contribution in [0.3, 0.4) is 0 Å².